The predicted molar refractivity (Wildman–Crippen MR) is 76.5 cm³/mol. The summed E-state index contributed by atoms with van der Waals surface area (Å²) in [4.78, 5) is 22.1. The van der Waals surface area contributed by atoms with Crippen molar-refractivity contribution in [3.63, 3.8) is 0 Å². The number of benzene rings is 1. The van der Waals surface area contributed by atoms with Gasteiger partial charge in [-0.15, -0.1) is 0 Å². The zero-order valence-corrected chi connectivity index (χ0v) is 12.0. The van der Waals surface area contributed by atoms with E-state index in [9.17, 15) is 19.8 Å². The van der Waals surface area contributed by atoms with E-state index < -0.39 is 18.2 Å². The number of nitrogens with one attached hydrogen (secondary N) is 1. The monoisotopic (exact) mass is 296 g/mol. The van der Waals surface area contributed by atoms with E-state index in [1.807, 2.05) is 0 Å². The Morgan fingerprint density at radius 2 is 2.05 bits per heavy atom. The quantitative estimate of drug-likeness (QED) is 0.432. The third-order valence-corrected chi connectivity index (χ3v) is 3.00. The van der Waals surface area contributed by atoms with E-state index in [0.717, 1.165) is 0 Å². The molecule has 0 heterocycles. The van der Waals surface area contributed by atoms with Gasteiger partial charge in [0, 0.05) is 19.2 Å². The highest BCUT2D eigenvalue weighted by Crippen LogP contribution is 2.23. The first-order chi connectivity index (χ1) is 9.86. The highest BCUT2D eigenvalue weighted by atomic mass is 16.5. The number of amides is 1. The molecule has 0 aliphatic carbocycles. The number of esters is 1. The summed E-state index contributed by atoms with van der Waals surface area (Å²) in [7, 11) is 1.25. The molecule has 0 saturated heterocycles. The summed E-state index contributed by atoms with van der Waals surface area (Å²) in [5, 5.41) is 22.4. The van der Waals surface area contributed by atoms with E-state index in [4.69, 9.17) is 5.73 Å². The van der Waals surface area contributed by atoms with Crippen molar-refractivity contribution in [2.75, 3.05) is 19.4 Å². The molecular formula is C14H20N2O5. The molecule has 0 fully saturated rings. The van der Waals surface area contributed by atoms with Gasteiger partial charge in [0.25, 0.3) is 0 Å². The Morgan fingerprint density at radius 1 is 1.38 bits per heavy atom. The average molecular weight is 296 g/mol. The number of methoxy groups -OCH3 is 1. The van der Waals surface area contributed by atoms with Crippen LogP contribution in [0.15, 0.2) is 18.2 Å². The third kappa shape index (κ3) is 4.73. The average Bonchev–Trinajstić information content (AvgIpc) is 2.45. The summed E-state index contributed by atoms with van der Waals surface area (Å²) in [6, 6.07) is 4.34. The molecule has 0 saturated carbocycles. The minimum Gasteiger partial charge on any atom is -0.465 e. The number of nitrogen functional groups attached to an aromatic ring is 1. The second-order valence-electron chi connectivity index (χ2n) is 4.62. The number of hydrogen-bond donors (Lipinski definition) is 4. The van der Waals surface area contributed by atoms with Crippen molar-refractivity contribution in [1.82, 2.24) is 5.32 Å². The van der Waals surface area contributed by atoms with Crippen molar-refractivity contribution in [1.29, 1.82) is 0 Å². The van der Waals surface area contributed by atoms with Crippen LogP contribution in [0.5, 0.6) is 0 Å². The zero-order chi connectivity index (χ0) is 16.0. The fourth-order valence-corrected chi connectivity index (χ4v) is 1.84. The molecule has 1 rings (SSSR count). The van der Waals surface area contributed by atoms with Crippen LogP contribution in [0.4, 0.5) is 5.69 Å². The highest BCUT2D eigenvalue weighted by molar-refractivity contribution is 5.95. The molecule has 1 aromatic carbocycles. The van der Waals surface area contributed by atoms with Crippen LogP contribution in [0.3, 0.4) is 0 Å². The number of aliphatic hydroxyl groups excluding tert-OH is 2. The third-order valence-electron chi connectivity index (χ3n) is 3.00. The number of anilines is 1. The fraction of sp³-hybridized carbons (Fsp3) is 0.429. The van der Waals surface area contributed by atoms with E-state index in [1.165, 1.54) is 32.2 Å². The van der Waals surface area contributed by atoms with Gasteiger partial charge in [-0.1, -0.05) is 6.07 Å². The summed E-state index contributed by atoms with van der Waals surface area (Å²) in [5.74, 6) is -0.775. The van der Waals surface area contributed by atoms with Crippen molar-refractivity contribution in [3.05, 3.63) is 29.3 Å². The van der Waals surface area contributed by atoms with Gasteiger partial charge in [0.05, 0.1) is 18.8 Å². The Bertz CT molecular complexity index is 518. The van der Waals surface area contributed by atoms with E-state index in [1.54, 1.807) is 0 Å². The summed E-state index contributed by atoms with van der Waals surface area (Å²) in [5.41, 5.74) is 6.47. The number of carbonyl (C=O) groups excluding carboxylic acids is 2. The van der Waals surface area contributed by atoms with Crippen LogP contribution in [0.2, 0.25) is 0 Å². The molecule has 1 amide bonds. The van der Waals surface area contributed by atoms with Crippen LogP contribution in [-0.4, -0.2) is 41.8 Å². The number of aliphatic hydroxyl groups is 2. The van der Waals surface area contributed by atoms with Crippen molar-refractivity contribution < 1.29 is 24.5 Å². The molecule has 5 N–H and O–H groups in total. The molecule has 7 heteroatoms. The summed E-state index contributed by atoms with van der Waals surface area (Å²) in [6.07, 6.45) is -2.02. The van der Waals surface area contributed by atoms with Crippen LogP contribution in [0.25, 0.3) is 0 Å². The Morgan fingerprint density at radius 3 is 2.57 bits per heavy atom. The Balaban J connectivity index is 2.74. The first-order valence-corrected chi connectivity index (χ1v) is 6.45. The first-order valence-electron chi connectivity index (χ1n) is 6.45. The van der Waals surface area contributed by atoms with Gasteiger partial charge in [0.2, 0.25) is 5.91 Å². The predicted octanol–water partition coefficient (Wildman–Crippen LogP) is -0.0241. The molecule has 2 atom stereocenters. The topological polar surface area (TPSA) is 122 Å². The molecule has 21 heavy (non-hydrogen) atoms. The number of rotatable bonds is 6. The smallest absolute Gasteiger partial charge is 0.339 e. The van der Waals surface area contributed by atoms with Gasteiger partial charge in [-0.3, -0.25) is 4.79 Å². The summed E-state index contributed by atoms with van der Waals surface area (Å²) in [6.45, 7) is 1.62. The van der Waals surface area contributed by atoms with E-state index in [0.29, 0.717) is 5.56 Å². The number of ether oxygens (including phenoxy) is 1. The van der Waals surface area contributed by atoms with Gasteiger partial charge in [0.1, 0.15) is 6.10 Å². The van der Waals surface area contributed by atoms with Crippen molar-refractivity contribution in [2.24, 2.45) is 0 Å². The van der Waals surface area contributed by atoms with Gasteiger partial charge in [-0.2, -0.15) is 0 Å². The van der Waals surface area contributed by atoms with E-state index in [2.05, 4.69) is 10.1 Å². The van der Waals surface area contributed by atoms with Gasteiger partial charge in [-0.25, -0.2) is 4.79 Å². The molecule has 0 aliphatic rings. The molecule has 0 aromatic heterocycles. The van der Waals surface area contributed by atoms with Crippen LogP contribution in [-0.2, 0) is 9.53 Å². The van der Waals surface area contributed by atoms with Gasteiger partial charge in [-0.05, 0) is 24.1 Å². The van der Waals surface area contributed by atoms with Crippen LogP contribution >= 0.6 is 0 Å². The highest BCUT2D eigenvalue weighted by Gasteiger charge is 2.20. The molecule has 2 unspecified atom stereocenters. The van der Waals surface area contributed by atoms with Crippen molar-refractivity contribution >= 4 is 17.6 Å². The lowest BCUT2D eigenvalue weighted by Gasteiger charge is -2.19. The molecule has 7 nitrogen and oxygen atoms in total. The molecular weight excluding hydrogens is 276 g/mol. The van der Waals surface area contributed by atoms with Crippen LogP contribution in [0, 0.1) is 0 Å². The zero-order valence-electron chi connectivity index (χ0n) is 12.0. The Labute approximate surface area is 122 Å². The number of carbonyl (C=O) groups is 2. The molecule has 116 valence electrons. The maximum absolute atomic E-state index is 11.4. The Hall–Kier alpha value is -2.12. The van der Waals surface area contributed by atoms with E-state index in [-0.39, 0.29) is 30.1 Å². The van der Waals surface area contributed by atoms with E-state index >= 15 is 0 Å². The van der Waals surface area contributed by atoms with Crippen molar-refractivity contribution in [3.8, 4) is 0 Å². The van der Waals surface area contributed by atoms with Crippen LogP contribution in [0.1, 0.15) is 35.4 Å². The standard InChI is InChI=1S/C14H20N2O5/c1-8(17)16-6-5-12(18)13(19)9-3-4-10(11(15)7-9)14(20)21-2/h3-4,7,12-13,18-19H,5-6,15H2,1-2H3,(H,16,17). The first kappa shape index (κ1) is 16.9. The Kier molecular flexibility index (Phi) is 6.13. The number of hydrogen-bond acceptors (Lipinski definition) is 6. The van der Waals surface area contributed by atoms with Gasteiger partial charge < -0.3 is 26.0 Å². The van der Waals surface area contributed by atoms with Gasteiger partial charge >= 0.3 is 5.97 Å². The largest absolute Gasteiger partial charge is 0.465 e. The van der Waals surface area contributed by atoms with Crippen LogP contribution < -0.4 is 11.1 Å². The SMILES string of the molecule is COC(=O)c1ccc(C(O)C(O)CCNC(C)=O)cc1N. The maximum Gasteiger partial charge on any atom is 0.339 e. The van der Waals surface area contributed by atoms with Crippen molar-refractivity contribution in [2.45, 2.75) is 25.6 Å². The minimum absolute atomic E-state index is 0.160. The molecule has 0 radical (unpaired) electrons. The fourth-order valence-electron chi connectivity index (χ4n) is 1.84. The number of nitrogens with two attached hydrogens (primary N) is 1. The molecule has 0 spiro atoms. The summed E-state index contributed by atoms with van der Waals surface area (Å²) < 4.78 is 4.57. The normalized spacial score (nSPS) is 13.3. The lowest BCUT2D eigenvalue weighted by atomic mass is 9.99. The lowest BCUT2D eigenvalue weighted by molar-refractivity contribution is -0.119. The summed E-state index contributed by atoms with van der Waals surface area (Å²) >= 11 is 0. The molecule has 0 bridgehead atoms. The second kappa shape index (κ2) is 7.61. The lowest BCUT2D eigenvalue weighted by Crippen LogP contribution is -2.27. The second-order valence-corrected chi connectivity index (χ2v) is 4.62. The molecule has 1 aromatic rings. The molecule has 0 aliphatic heterocycles. The maximum atomic E-state index is 11.4. The van der Waals surface area contributed by atoms with Gasteiger partial charge in [0.15, 0.2) is 0 Å². The minimum atomic E-state index is -1.16.